The second kappa shape index (κ2) is 6.99. The molecule has 1 amide bonds. The number of hydrogen-bond donors (Lipinski definition) is 1. The molecule has 0 saturated carbocycles. The van der Waals surface area contributed by atoms with Gasteiger partial charge in [-0.1, -0.05) is 18.2 Å². The van der Waals surface area contributed by atoms with Crippen LogP contribution in [0, 0.1) is 23.3 Å². The Morgan fingerprint density at radius 2 is 1.64 bits per heavy atom. The summed E-state index contributed by atoms with van der Waals surface area (Å²) in [6.07, 6.45) is -4.98. The number of nitrogens with one attached hydrogen (secondary N) is 1. The van der Waals surface area contributed by atoms with E-state index in [0.717, 1.165) is 6.07 Å². The summed E-state index contributed by atoms with van der Waals surface area (Å²) in [5, 5.41) is 1.97. The summed E-state index contributed by atoms with van der Waals surface area (Å²) < 4.78 is 93.2. The molecule has 0 aliphatic carbocycles. The molecule has 0 radical (unpaired) electrons. The van der Waals surface area contributed by atoms with E-state index in [4.69, 9.17) is 0 Å². The zero-order chi connectivity index (χ0) is 18.8. The molecule has 0 heterocycles. The van der Waals surface area contributed by atoms with Gasteiger partial charge < -0.3 is 10.1 Å². The summed E-state index contributed by atoms with van der Waals surface area (Å²) in [6, 6.07) is 4.90. The number of para-hydroxylation sites is 1. The molecule has 0 spiro atoms. The van der Waals surface area contributed by atoms with Crippen molar-refractivity contribution in [2.24, 2.45) is 0 Å². The van der Waals surface area contributed by atoms with E-state index < -0.39 is 53.4 Å². The molecule has 2 aromatic carbocycles. The fraction of sp³-hybridized carbons (Fsp3) is 0.133. The lowest BCUT2D eigenvalue weighted by Gasteiger charge is -2.14. The van der Waals surface area contributed by atoms with Gasteiger partial charge in [0.05, 0.1) is 5.56 Å². The van der Waals surface area contributed by atoms with Crippen LogP contribution in [0.5, 0.6) is 5.75 Å². The van der Waals surface area contributed by atoms with Crippen LogP contribution in [0.1, 0.15) is 15.9 Å². The molecule has 0 unspecified atom stereocenters. The van der Waals surface area contributed by atoms with E-state index >= 15 is 0 Å². The van der Waals surface area contributed by atoms with Crippen molar-refractivity contribution in [3.05, 3.63) is 64.7 Å². The Hall–Kier alpha value is -2.78. The van der Waals surface area contributed by atoms with E-state index in [0.29, 0.717) is 0 Å². The molecular formula is C15H8F7NO2. The van der Waals surface area contributed by atoms with Gasteiger partial charge in [-0.25, -0.2) is 17.6 Å². The van der Waals surface area contributed by atoms with Crippen LogP contribution in [0.25, 0.3) is 0 Å². The number of alkyl halides is 3. The van der Waals surface area contributed by atoms with E-state index in [9.17, 15) is 35.5 Å². The van der Waals surface area contributed by atoms with Gasteiger partial charge in [0.15, 0.2) is 23.3 Å². The first-order chi connectivity index (χ1) is 11.6. The lowest BCUT2D eigenvalue weighted by molar-refractivity contribution is -0.274. The highest BCUT2D eigenvalue weighted by Crippen LogP contribution is 2.26. The Kier molecular flexibility index (Phi) is 5.19. The smallest absolute Gasteiger partial charge is 0.405 e. The number of benzene rings is 2. The summed E-state index contributed by atoms with van der Waals surface area (Å²) >= 11 is 0. The maximum absolute atomic E-state index is 13.5. The van der Waals surface area contributed by atoms with Crippen molar-refractivity contribution in [3.8, 4) is 5.75 Å². The fourth-order valence-corrected chi connectivity index (χ4v) is 1.88. The minimum absolute atomic E-state index is 0.128. The summed E-state index contributed by atoms with van der Waals surface area (Å²) in [4.78, 5) is 11.8. The number of ether oxygens (including phenoxy) is 1. The van der Waals surface area contributed by atoms with E-state index in [1.807, 2.05) is 5.32 Å². The van der Waals surface area contributed by atoms with Crippen LogP contribution in [-0.2, 0) is 6.54 Å². The third-order valence-corrected chi connectivity index (χ3v) is 2.98. The number of carbonyl (C=O) groups is 1. The monoisotopic (exact) mass is 367 g/mol. The van der Waals surface area contributed by atoms with Gasteiger partial charge >= 0.3 is 6.36 Å². The molecule has 0 bridgehead atoms. The highest BCUT2D eigenvalue weighted by atomic mass is 19.4. The van der Waals surface area contributed by atoms with Crippen molar-refractivity contribution in [1.82, 2.24) is 5.32 Å². The zero-order valence-corrected chi connectivity index (χ0v) is 12.1. The van der Waals surface area contributed by atoms with Gasteiger partial charge in [-0.05, 0) is 12.1 Å². The van der Waals surface area contributed by atoms with Gasteiger partial charge in [0.25, 0.3) is 5.91 Å². The summed E-state index contributed by atoms with van der Waals surface area (Å²) in [5.41, 5.74) is -1.26. The molecule has 25 heavy (non-hydrogen) atoms. The minimum Gasteiger partial charge on any atom is -0.405 e. The summed E-state index contributed by atoms with van der Waals surface area (Å²) in [6.45, 7) is -0.564. The highest BCUT2D eigenvalue weighted by molar-refractivity contribution is 5.94. The van der Waals surface area contributed by atoms with Crippen molar-refractivity contribution in [1.29, 1.82) is 0 Å². The SMILES string of the molecule is O=C(NCc1ccccc1OC(F)(F)F)c1cc(F)c(F)c(F)c1F. The lowest BCUT2D eigenvalue weighted by atomic mass is 10.1. The molecule has 0 saturated heterocycles. The number of amides is 1. The molecular weight excluding hydrogens is 359 g/mol. The predicted molar refractivity (Wildman–Crippen MR) is 70.6 cm³/mol. The topological polar surface area (TPSA) is 38.3 Å². The standard InChI is InChI=1S/C15H8F7NO2/c16-9-5-8(11(17)13(19)12(9)18)14(24)23-6-7-3-1-2-4-10(7)25-15(20,21)22/h1-5H,6H2,(H,23,24). The van der Waals surface area contributed by atoms with Gasteiger partial charge in [0.1, 0.15) is 5.75 Å². The number of rotatable bonds is 4. The Balaban J connectivity index is 2.19. The second-order valence-electron chi connectivity index (χ2n) is 4.69. The van der Waals surface area contributed by atoms with Crippen molar-refractivity contribution in [2.75, 3.05) is 0 Å². The van der Waals surface area contributed by atoms with Crippen LogP contribution in [0.3, 0.4) is 0 Å². The minimum atomic E-state index is -4.98. The van der Waals surface area contributed by atoms with Crippen LogP contribution in [0.2, 0.25) is 0 Å². The molecule has 0 aromatic heterocycles. The molecule has 0 atom stereocenters. The number of halogens is 7. The molecule has 3 nitrogen and oxygen atoms in total. The van der Waals surface area contributed by atoms with Gasteiger partial charge in [-0.15, -0.1) is 13.2 Å². The Morgan fingerprint density at radius 1 is 1.00 bits per heavy atom. The van der Waals surface area contributed by atoms with Gasteiger partial charge in [0, 0.05) is 12.1 Å². The van der Waals surface area contributed by atoms with Gasteiger partial charge in [-0.2, -0.15) is 0 Å². The largest absolute Gasteiger partial charge is 0.573 e. The Morgan fingerprint density at radius 3 is 2.28 bits per heavy atom. The molecule has 134 valence electrons. The van der Waals surface area contributed by atoms with Crippen LogP contribution in [0.15, 0.2) is 30.3 Å². The quantitative estimate of drug-likeness (QED) is 0.503. The first kappa shape index (κ1) is 18.6. The van der Waals surface area contributed by atoms with Crippen LogP contribution < -0.4 is 10.1 Å². The second-order valence-corrected chi connectivity index (χ2v) is 4.69. The van der Waals surface area contributed by atoms with Crippen LogP contribution in [-0.4, -0.2) is 12.3 Å². The molecule has 2 aromatic rings. The van der Waals surface area contributed by atoms with E-state index in [2.05, 4.69) is 4.74 Å². The van der Waals surface area contributed by atoms with E-state index in [1.165, 1.54) is 18.2 Å². The zero-order valence-electron chi connectivity index (χ0n) is 12.1. The van der Waals surface area contributed by atoms with Crippen molar-refractivity contribution in [2.45, 2.75) is 12.9 Å². The average Bonchev–Trinajstić information content (AvgIpc) is 2.53. The molecule has 0 aliphatic rings. The average molecular weight is 367 g/mol. The third kappa shape index (κ3) is 4.40. The Labute approximate surface area is 136 Å². The lowest BCUT2D eigenvalue weighted by Crippen LogP contribution is -2.26. The molecule has 1 N–H and O–H groups in total. The first-order valence-electron chi connectivity index (χ1n) is 6.55. The molecule has 0 aliphatic heterocycles. The number of carbonyl (C=O) groups excluding carboxylic acids is 1. The highest BCUT2D eigenvalue weighted by Gasteiger charge is 2.32. The van der Waals surface area contributed by atoms with Crippen molar-refractivity contribution < 1.29 is 40.3 Å². The van der Waals surface area contributed by atoms with Crippen molar-refractivity contribution >= 4 is 5.91 Å². The fourth-order valence-electron chi connectivity index (χ4n) is 1.88. The first-order valence-corrected chi connectivity index (χ1v) is 6.55. The summed E-state index contributed by atoms with van der Waals surface area (Å²) in [5.74, 6) is -9.94. The van der Waals surface area contributed by atoms with E-state index in [-0.39, 0.29) is 11.6 Å². The third-order valence-electron chi connectivity index (χ3n) is 2.98. The molecule has 0 fully saturated rings. The van der Waals surface area contributed by atoms with Crippen LogP contribution in [0.4, 0.5) is 30.7 Å². The van der Waals surface area contributed by atoms with Crippen molar-refractivity contribution in [3.63, 3.8) is 0 Å². The molecule has 2 rings (SSSR count). The Bertz CT molecular complexity index is 805. The number of hydrogen-bond acceptors (Lipinski definition) is 2. The summed E-state index contributed by atoms with van der Waals surface area (Å²) in [7, 11) is 0. The normalized spacial score (nSPS) is 11.3. The maximum Gasteiger partial charge on any atom is 0.573 e. The van der Waals surface area contributed by atoms with Gasteiger partial charge in [-0.3, -0.25) is 4.79 Å². The maximum atomic E-state index is 13.5. The van der Waals surface area contributed by atoms with Gasteiger partial charge in [0.2, 0.25) is 0 Å². The molecule has 10 heteroatoms. The predicted octanol–water partition coefficient (Wildman–Crippen LogP) is 4.07. The van der Waals surface area contributed by atoms with Crippen LogP contribution >= 0.6 is 0 Å². The van der Waals surface area contributed by atoms with E-state index in [1.54, 1.807) is 0 Å².